The van der Waals surface area contributed by atoms with Crippen molar-refractivity contribution in [2.45, 2.75) is 39.8 Å². The average Bonchev–Trinajstić information content (AvgIpc) is 3.11. The summed E-state index contributed by atoms with van der Waals surface area (Å²) in [5, 5.41) is 11.3. The largest absolute Gasteiger partial charge is 0.507 e. The van der Waals surface area contributed by atoms with Gasteiger partial charge >= 0.3 is 0 Å². The van der Waals surface area contributed by atoms with Crippen molar-refractivity contribution in [2.24, 2.45) is 0 Å². The summed E-state index contributed by atoms with van der Waals surface area (Å²) in [5.74, 6) is -1.22. The van der Waals surface area contributed by atoms with Crippen LogP contribution in [0.25, 0.3) is 5.76 Å². The van der Waals surface area contributed by atoms with E-state index >= 15 is 0 Å². The van der Waals surface area contributed by atoms with Gasteiger partial charge in [-0.05, 0) is 93.4 Å². The summed E-state index contributed by atoms with van der Waals surface area (Å²) in [6, 6.07) is 17.0. The smallest absolute Gasteiger partial charge is 0.300 e. The second kappa shape index (κ2) is 10.2. The van der Waals surface area contributed by atoms with Crippen LogP contribution in [0.2, 0.25) is 0 Å². The maximum absolute atomic E-state index is 13.9. The number of aryl methyl sites for hydroxylation is 1. The summed E-state index contributed by atoms with van der Waals surface area (Å²) in [7, 11) is 0. The van der Waals surface area contributed by atoms with E-state index < -0.39 is 23.5 Å². The van der Waals surface area contributed by atoms with Gasteiger partial charge < -0.3 is 14.6 Å². The number of amides is 1. The van der Waals surface area contributed by atoms with Gasteiger partial charge in [0.25, 0.3) is 11.7 Å². The first-order valence-corrected chi connectivity index (χ1v) is 11.8. The van der Waals surface area contributed by atoms with Crippen molar-refractivity contribution in [1.29, 1.82) is 0 Å². The molecule has 0 spiro atoms. The predicted molar refractivity (Wildman–Crippen MR) is 136 cm³/mol. The zero-order chi connectivity index (χ0) is 26.0. The number of hydrogen-bond donors (Lipinski definition) is 1. The number of Topliss-reactive ketones (excluding diaryl/α,β-unsaturated/α-hetero) is 1. The van der Waals surface area contributed by atoms with Crippen LogP contribution in [-0.2, 0) is 9.59 Å². The van der Waals surface area contributed by atoms with E-state index in [1.165, 1.54) is 23.1 Å². The SMILES string of the molecule is CCOc1ccc(N2C(=O)C(=O)/C(=C(\O)c3ccc(F)c(C)c3)C2c2cccc(OC(C)C)c2)cc1. The lowest BCUT2D eigenvalue weighted by Gasteiger charge is -2.26. The number of carbonyl (C=O) groups is 2. The fraction of sp³-hybridized carbons (Fsp3) is 0.241. The topological polar surface area (TPSA) is 76.1 Å². The molecule has 0 saturated carbocycles. The standard InChI is InChI=1S/C29H28FNO5/c1-5-35-22-12-10-21(11-13-22)31-26(19-7-6-8-23(16-19)36-17(2)3)25(28(33)29(31)34)27(32)20-9-14-24(30)18(4)15-20/h6-17,26,32H,5H2,1-4H3/b27-25-. The molecule has 36 heavy (non-hydrogen) atoms. The maximum Gasteiger partial charge on any atom is 0.300 e. The Balaban J connectivity index is 1.90. The first-order valence-electron chi connectivity index (χ1n) is 11.8. The average molecular weight is 490 g/mol. The molecule has 1 saturated heterocycles. The van der Waals surface area contributed by atoms with Crippen molar-refractivity contribution in [1.82, 2.24) is 0 Å². The highest BCUT2D eigenvalue weighted by Crippen LogP contribution is 2.43. The molecule has 1 aliphatic rings. The number of ketones is 1. The molecule has 3 aromatic rings. The Labute approximate surface area is 209 Å². The van der Waals surface area contributed by atoms with Crippen LogP contribution in [0, 0.1) is 12.7 Å². The first kappa shape index (κ1) is 25.0. The minimum absolute atomic E-state index is 0.0819. The van der Waals surface area contributed by atoms with Crippen LogP contribution in [-0.4, -0.2) is 29.5 Å². The number of nitrogens with zero attached hydrogens (tertiary/aromatic N) is 1. The van der Waals surface area contributed by atoms with E-state index in [-0.39, 0.29) is 23.0 Å². The molecule has 0 aromatic heterocycles. The van der Waals surface area contributed by atoms with E-state index in [4.69, 9.17) is 9.47 Å². The number of benzene rings is 3. The van der Waals surface area contributed by atoms with Crippen LogP contribution in [0.4, 0.5) is 10.1 Å². The summed E-state index contributed by atoms with van der Waals surface area (Å²) in [5.41, 5.74) is 1.53. The van der Waals surface area contributed by atoms with E-state index in [0.29, 0.717) is 34.9 Å². The molecule has 0 bridgehead atoms. The van der Waals surface area contributed by atoms with Gasteiger partial charge in [0.05, 0.1) is 24.3 Å². The molecular formula is C29H28FNO5. The minimum Gasteiger partial charge on any atom is -0.507 e. The number of ether oxygens (including phenoxy) is 2. The Kier molecular flexibility index (Phi) is 7.10. The Morgan fingerprint density at radius 3 is 2.39 bits per heavy atom. The van der Waals surface area contributed by atoms with Gasteiger partial charge in [-0.2, -0.15) is 0 Å². The molecule has 1 heterocycles. The van der Waals surface area contributed by atoms with Crippen LogP contribution < -0.4 is 14.4 Å². The lowest BCUT2D eigenvalue weighted by Crippen LogP contribution is -2.29. The molecule has 1 amide bonds. The molecule has 1 N–H and O–H groups in total. The molecule has 1 unspecified atom stereocenters. The summed E-state index contributed by atoms with van der Waals surface area (Å²) in [6.07, 6.45) is -0.0834. The van der Waals surface area contributed by atoms with Gasteiger partial charge in [0, 0.05) is 11.3 Å². The molecule has 186 valence electrons. The molecule has 0 aliphatic carbocycles. The number of carbonyl (C=O) groups excluding carboxylic acids is 2. The lowest BCUT2D eigenvalue weighted by atomic mass is 9.94. The Hall–Kier alpha value is -4.13. The third-order valence-electron chi connectivity index (χ3n) is 5.85. The molecule has 3 aromatic carbocycles. The quantitative estimate of drug-likeness (QED) is 0.252. The van der Waals surface area contributed by atoms with Crippen LogP contribution in [0.5, 0.6) is 11.5 Å². The zero-order valence-electron chi connectivity index (χ0n) is 20.6. The normalized spacial score (nSPS) is 17.1. The number of rotatable bonds is 7. The monoisotopic (exact) mass is 489 g/mol. The van der Waals surface area contributed by atoms with Gasteiger partial charge in [-0.3, -0.25) is 14.5 Å². The van der Waals surface area contributed by atoms with Gasteiger partial charge in [-0.1, -0.05) is 12.1 Å². The number of aliphatic hydroxyl groups excluding tert-OH is 1. The number of anilines is 1. The number of halogens is 1. The van der Waals surface area contributed by atoms with E-state index in [1.807, 2.05) is 20.8 Å². The highest BCUT2D eigenvalue weighted by Gasteiger charge is 2.47. The van der Waals surface area contributed by atoms with Crippen molar-refractivity contribution < 1.29 is 28.6 Å². The van der Waals surface area contributed by atoms with Crippen molar-refractivity contribution >= 4 is 23.1 Å². The minimum atomic E-state index is -0.927. The molecule has 7 heteroatoms. The van der Waals surface area contributed by atoms with Gasteiger partial charge in [-0.25, -0.2) is 4.39 Å². The van der Waals surface area contributed by atoms with E-state index in [0.717, 1.165) is 0 Å². The number of aliphatic hydroxyl groups is 1. The Morgan fingerprint density at radius 2 is 1.75 bits per heavy atom. The molecule has 0 radical (unpaired) electrons. The molecule has 4 rings (SSSR count). The highest BCUT2D eigenvalue weighted by atomic mass is 19.1. The Morgan fingerprint density at radius 1 is 1.03 bits per heavy atom. The summed E-state index contributed by atoms with van der Waals surface area (Å²) < 4.78 is 25.2. The molecule has 1 atom stereocenters. The summed E-state index contributed by atoms with van der Waals surface area (Å²) in [6.45, 7) is 7.72. The van der Waals surface area contributed by atoms with Crippen LogP contribution in [0.15, 0.2) is 72.3 Å². The molecular weight excluding hydrogens is 461 g/mol. The molecule has 6 nitrogen and oxygen atoms in total. The third kappa shape index (κ3) is 4.82. The fourth-order valence-corrected chi connectivity index (χ4v) is 4.26. The lowest BCUT2D eigenvalue weighted by molar-refractivity contribution is -0.132. The predicted octanol–water partition coefficient (Wildman–Crippen LogP) is 5.95. The van der Waals surface area contributed by atoms with Crippen molar-refractivity contribution in [3.8, 4) is 11.5 Å². The van der Waals surface area contributed by atoms with Gasteiger partial charge in [-0.15, -0.1) is 0 Å². The Bertz CT molecular complexity index is 1330. The molecule has 1 aliphatic heterocycles. The first-order chi connectivity index (χ1) is 17.2. The fourth-order valence-electron chi connectivity index (χ4n) is 4.26. The van der Waals surface area contributed by atoms with Crippen molar-refractivity contribution in [3.05, 3.63) is 94.8 Å². The van der Waals surface area contributed by atoms with Gasteiger partial charge in [0.15, 0.2) is 0 Å². The summed E-state index contributed by atoms with van der Waals surface area (Å²) in [4.78, 5) is 28.0. The van der Waals surface area contributed by atoms with Crippen LogP contribution in [0.3, 0.4) is 0 Å². The maximum atomic E-state index is 13.9. The van der Waals surface area contributed by atoms with E-state index in [1.54, 1.807) is 55.5 Å². The number of hydrogen-bond acceptors (Lipinski definition) is 5. The van der Waals surface area contributed by atoms with Crippen molar-refractivity contribution in [3.63, 3.8) is 0 Å². The highest BCUT2D eigenvalue weighted by molar-refractivity contribution is 6.51. The summed E-state index contributed by atoms with van der Waals surface area (Å²) >= 11 is 0. The van der Waals surface area contributed by atoms with Crippen LogP contribution >= 0.6 is 0 Å². The van der Waals surface area contributed by atoms with Crippen LogP contribution in [0.1, 0.15) is 43.5 Å². The van der Waals surface area contributed by atoms with Gasteiger partial charge in [0.2, 0.25) is 0 Å². The van der Waals surface area contributed by atoms with E-state index in [2.05, 4.69) is 0 Å². The molecule has 1 fully saturated rings. The zero-order valence-corrected chi connectivity index (χ0v) is 20.6. The van der Waals surface area contributed by atoms with E-state index in [9.17, 15) is 19.1 Å². The second-order valence-electron chi connectivity index (χ2n) is 8.80. The second-order valence-corrected chi connectivity index (χ2v) is 8.80. The van der Waals surface area contributed by atoms with Gasteiger partial charge in [0.1, 0.15) is 23.1 Å². The van der Waals surface area contributed by atoms with Crippen molar-refractivity contribution in [2.75, 3.05) is 11.5 Å². The third-order valence-corrected chi connectivity index (χ3v) is 5.85.